The number of benzene rings is 2. The molecule has 2 rings (SSSR count). The molecule has 0 spiro atoms. The van der Waals surface area contributed by atoms with Crippen molar-refractivity contribution in [1.29, 1.82) is 0 Å². The van der Waals surface area contributed by atoms with Crippen molar-refractivity contribution in [3.63, 3.8) is 0 Å². The van der Waals surface area contributed by atoms with E-state index >= 15 is 0 Å². The number of rotatable bonds is 7. The van der Waals surface area contributed by atoms with E-state index in [4.69, 9.17) is 11.5 Å². The lowest BCUT2D eigenvalue weighted by Gasteiger charge is -2.28. The zero-order chi connectivity index (χ0) is 15.9. The van der Waals surface area contributed by atoms with Gasteiger partial charge in [-0.05, 0) is 24.0 Å². The SMILES string of the molecule is Cl.Cl.N[C@@H](Cc1ccccc1)[C@@H](O)[C@H](O)[C@@H](N)Cc1ccccc1. The number of halogens is 2. The first-order valence-electron chi connectivity index (χ1n) is 7.53. The van der Waals surface area contributed by atoms with Crippen LogP contribution in [0.2, 0.25) is 0 Å². The standard InChI is InChI=1S/C18H24N2O2.2ClH/c19-15(11-13-7-3-1-4-8-13)17(21)18(22)16(20)12-14-9-5-2-6-10-14;;/h1-10,15-18,21-22H,11-12,19-20H2;2*1H/t15-,16-,17+,18+;;/m0../s1. The maximum absolute atomic E-state index is 10.2. The molecule has 0 saturated carbocycles. The molecule has 0 aliphatic rings. The van der Waals surface area contributed by atoms with Gasteiger partial charge in [-0.15, -0.1) is 24.8 Å². The first-order chi connectivity index (χ1) is 10.6. The molecule has 0 radical (unpaired) electrons. The molecule has 4 atom stereocenters. The van der Waals surface area contributed by atoms with Gasteiger partial charge in [0.05, 0.1) is 12.2 Å². The van der Waals surface area contributed by atoms with Gasteiger partial charge in [0.25, 0.3) is 0 Å². The third kappa shape index (κ3) is 6.77. The normalized spacial score (nSPS) is 15.3. The molecule has 2 aromatic rings. The third-order valence-electron chi connectivity index (χ3n) is 3.86. The number of hydrogen-bond acceptors (Lipinski definition) is 4. The van der Waals surface area contributed by atoms with Crippen molar-refractivity contribution in [3.8, 4) is 0 Å². The topological polar surface area (TPSA) is 92.5 Å². The van der Waals surface area contributed by atoms with Gasteiger partial charge >= 0.3 is 0 Å². The van der Waals surface area contributed by atoms with E-state index in [0.29, 0.717) is 12.8 Å². The second kappa shape index (κ2) is 11.4. The van der Waals surface area contributed by atoms with Gasteiger partial charge in [-0.1, -0.05) is 60.7 Å². The summed E-state index contributed by atoms with van der Waals surface area (Å²) in [6, 6.07) is 18.2. The first-order valence-corrected chi connectivity index (χ1v) is 7.53. The molecule has 0 aliphatic carbocycles. The van der Waals surface area contributed by atoms with Crippen LogP contribution in [-0.2, 0) is 12.8 Å². The van der Waals surface area contributed by atoms with Crippen LogP contribution in [0.1, 0.15) is 11.1 Å². The van der Waals surface area contributed by atoms with Gasteiger partial charge in [-0.25, -0.2) is 0 Å². The van der Waals surface area contributed by atoms with Crippen molar-refractivity contribution in [2.45, 2.75) is 37.1 Å². The van der Waals surface area contributed by atoms with Crippen molar-refractivity contribution in [1.82, 2.24) is 0 Å². The highest BCUT2D eigenvalue weighted by molar-refractivity contribution is 5.85. The molecular weight excluding hydrogens is 347 g/mol. The monoisotopic (exact) mass is 372 g/mol. The van der Waals surface area contributed by atoms with E-state index in [1.807, 2.05) is 60.7 Å². The van der Waals surface area contributed by atoms with Gasteiger partial charge < -0.3 is 21.7 Å². The summed E-state index contributed by atoms with van der Waals surface area (Å²) >= 11 is 0. The van der Waals surface area contributed by atoms with Crippen LogP contribution in [0.15, 0.2) is 60.7 Å². The van der Waals surface area contributed by atoms with Crippen LogP contribution in [0.3, 0.4) is 0 Å². The molecule has 0 fully saturated rings. The smallest absolute Gasteiger partial charge is 0.0968 e. The summed E-state index contributed by atoms with van der Waals surface area (Å²) in [5.74, 6) is 0. The fourth-order valence-electron chi connectivity index (χ4n) is 2.52. The van der Waals surface area contributed by atoms with E-state index in [0.717, 1.165) is 11.1 Å². The molecule has 6 N–H and O–H groups in total. The zero-order valence-electron chi connectivity index (χ0n) is 13.4. The molecule has 6 heteroatoms. The van der Waals surface area contributed by atoms with Crippen LogP contribution in [0.25, 0.3) is 0 Å². The van der Waals surface area contributed by atoms with Crippen LogP contribution < -0.4 is 11.5 Å². The average molecular weight is 373 g/mol. The van der Waals surface area contributed by atoms with Crippen molar-refractivity contribution in [3.05, 3.63) is 71.8 Å². The summed E-state index contributed by atoms with van der Waals surface area (Å²) in [6.07, 6.45) is -1.12. The minimum absolute atomic E-state index is 0. The molecular formula is C18H26Cl2N2O2. The Hall–Kier alpha value is -1.14. The molecule has 134 valence electrons. The molecule has 0 saturated heterocycles. The molecule has 24 heavy (non-hydrogen) atoms. The summed E-state index contributed by atoms with van der Waals surface area (Å²) in [6.45, 7) is 0. The van der Waals surface area contributed by atoms with E-state index in [1.54, 1.807) is 0 Å². The van der Waals surface area contributed by atoms with Crippen molar-refractivity contribution < 1.29 is 10.2 Å². The Kier molecular flexibility index (Phi) is 10.9. The highest BCUT2D eigenvalue weighted by Crippen LogP contribution is 2.11. The maximum Gasteiger partial charge on any atom is 0.0968 e. The summed E-state index contributed by atoms with van der Waals surface area (Å²) in [7, 11) is 0. The van der Waals surface area contributed by atoms with Crippen molar-refractivity contribution in [2.75, 3.05) is 0 Å². The Morgan fingerprint density at radius 3 is 1.21 bits per heavy atom. The average Bonchev–Trinajstić information content (AvgIpc) is 2.55. The lowest BCUT2D eigenvalue weighted by Crippen LogP contribution is -2.52. The van der Waals surface area contributed by atoms with Gasteiger partial charge in [0.15, 0.2) is 0 Å². The molecule has 0 aliphatic heterocycles. The van der Waals surface area contributed by atoms with E-state index in [1.165, 1.54) is 0 Å². The minimum Gasteiger partial charge on any atom is -0.389 e. The zero-order valence-corrected chi connectivity index (χ0v) is 15.0. The number of aliphatic hydroxyl groups excluding tert-OH is 2. The molecule has 0 heterocycles. The van der Waals surface area contributed by atoms with E-state index < -0.39 is 24.3 Å². The minimum atomic E-state index is -1.06. The van der Waals surface area contributed by atoms with Crippen molar-refractivity contribution >= 4 is 24.8 Å². The van der Waals surface area contributed by atoms with E-state index in [2.05, 4.69) is 0 Å². The highest BCUT2D eigenvalue weighted by atomic mass is 35.5. The summed E-state index contributed by atoms with van der Waals surface area (Å²) in [5.41, 5.74) is 14.1. The molecule has 4 nitrogen and oxygen atoms in total. The lowest BCUT2D eigenvalue weighted by molar-refractivity contribution is -0.00975. The quantitative estimate of drug-likeness (QED) is 0.594. The molecule has 2 aromatic carbocycles. The number of aliphatic hydroxyl groups is 2. The second-order valence-corrected chi connectivity index (χ2v) is 5.69. The summed E-state index contributed by atoms with van der Waals surface area (Å²) in [4.78, 5) is 0. The Morgan fingerprint density at radius 2 is 0.917 bits per heavy atom. The van der Waals surface area contributed by atoms with Gasteiger partial charge in [0, 0.05) is 12.1 Å². The first kappa shape index (κ1) is 22.9. The maximum atomic E-state index is 10.2. The largest absolute Gasteiger partial charge is 0.389 e. The fourth-order valence-corrected chi connectivity index (χ4v) is 2.52. The molecule has 0 aromatic heterocycles. The van der Waals surface area contributed by atoms with Gasteiger partial charge in [-0.3, -0.25) is 0 Å². The Morgan fingerprint density at radius 1 is 0.625 bits per heavy atom. The second-order valence-electron chi connectivity index (χ2n) is 5.69. The lowest BCUT2D eigenvalue weighted by atomic mass is 9.92. The number of nitrogens with two attached hydrogens (primary N) is 2. The Labute approximate surface area is 155 Å². The van der Waals surface area contributed by atoms with Crippen molar-refractivity contribution in [2.24, 2.45) is 11.5 Å². The van der Waals surface area contributed by atoms with E-state index in [9.17, 15) is 10.2 Å². The molecule has 0 unspecified atom stereocenters. The number of hydrogen-bond donors (Lipinski definition) is 4. The fraction of sp³-hybridized carbons (Fsp3) is 0.333. The Balaban J connectivity index is 0.00000264. The summed E-state index contributed by atoms with van der Waals surface area (Å²) < 4.78 is 0. The predicted molar refractivity (Wildman–Crippen MR) is 103 cm³/mol. The Bertz CT molecular complexity index is 506. The third-order valence-corrected chi connectivity index (χ3v) is 3.86. The van der Waals surface area contributed by atoms with E-state index in [-0.39, 0.29) is 24.8 Å². The predicted octanol–water partition coefficient (Wildman–Crippen LogP) is 1.69. The molecule has 0 bridgehead atoms. The van der Waals surface area contributed by atoms with Crippen LogP contribution in [-0.4, -0.2) is 34.5 Å². The molecule has 0 amide bonds. The van der Waals surface area contributed by atoms with Crippen LogP contribution in [0.4, 0.5) is 0 Å². The van der Waals surface area contributed by atoms with Crippen LogP contribution >= 0.6 is 24.8 Å². The van der Waals surface area contributed by atoms with Crippen LogP contribution in [0.5, 0.6) is 0 Å². The van der Waals surface area contributed by atoms with Crippen LogP contribution in [0, 0.1) is 0 Å². The highest BCUT2D eigenvalue weighted by Gasteiger charge is 2.28. The van der Waals surface area contributed by atoms with Gasteiger partial charge in [0.1, 0.15) is 0 Å². The summed E-state index contributed by atoms with van der Waals surface area (Å²) in [5, 5.41) is 20.5. The van der Waals surface area contributed by atoms with Gasteiger partial charge in [-0.2, -0.15) is 0 Å². The van der Waals surface area contributed by atoms with Gasteiger partial charge in [0.2, 0.25) is 0 Å².